The Hall–Kier alpha value is -2.23. The van der Waals surface area contributed by atoms with E-state index < -0.39 is 5.97 Å². The maximum Gasteiger partial charge on any atom is 0.303 e. The monoisotopic (exact) mass is 446 g/mol. The molecule has 0 aliphatic rings. The lowest BCUT2D eigenvalue weighted by Gasteiger charge is -2.04. The van der Waals surface area contributed by atoms with Crippen molar-refractivity contribution in [1.29, 1.82) is 0 Å². The molecule has 0 heterocycles. The summed E-state index contributed by atoms with van der Waals surface area (Å²) in [6.07, 6.45) is 23.8. The normalized spacial score (nSPS) is 10.6. The van der Waals surface area contributed by atoms with Gasteiger partial charge in [0.1, 0.15) is 0 Å². The molecule has 2 N–H and O–H groups in total. The largest absolute Gasteiger partial charge is 0.504 e. The summed E-state index contributed by atoms with van der Waals surface area (Å²) in [6.45, 7) is 5.89. The molecule has 0 bridgehead atoms. The first-order chi connectivity index (χ1) is 15.5. The minimum Gasteiger partial charge on any atom is -0.504 e. The Morgan fingerprint density at radius 3 is 2.03 bits per heavy atom. The maximum absolute atomic E-state index is 10.3. The number of aromatic hydroxyl groups is 1. The molecule has 1 rings (SSSR count). The van der Waals surface area contributed by atoms with Crippen LogP contribution in [0.1, 0.15) is 102 Å². The van der Waals surface area contributed by atoms with Crippen LogP contribution in [0.2, 0.25) is 0 Å². The Labute approximate surface area is 196 Å². The lowest BCUT2D eigenvalue weighted by Crippen LogP contribution is -1.93. The van der Waals surface area contributed by atoms with Crippen LogP contribution in [0.3, 0.4) is 0 Å². The number of carboxylic acids is 1. The van der Waals surface area contributed by atoms with Crippen molar-refractivity contribution < 1.29 is 19.7 Å². The molecule has 4 heteroatoms. The first-order valence-electron chi connectivity index (χ1n) is 12.4. The van der Waals surface area contributed by atoms with Crippen LogP contribution in [-0.2, 0) is 11.2 Å². The fourth-order valence-corrected chi connectivity index (χ4v) is 3.36. The molecule has 0 atom stereocenters. The molecule has 0 saturated carbocycles. The quantitative estimate of drug-likeness (QED) is 0.176. The van der Waals surface area contributed by atoms with Gasteiger partial charge in [-0.3, -0.25) is 4.79 Å². The van der Waals surface area contributed by atoms with Gasteiger partial charge in [-0.15, -0.1) is 6.58 Å². The van der Waals surface area contributed by atoms with Gasteiger partial charge in [-0.1, -0.05) is 82.6 Å². The molecule has 0 fully saturated rings. The third kappa shape index (κ3) is 18.5. The summed E-state index contributed by atoms with van der Waals surface area (Å²) in [5.41, 5.74) is 1.08. The van der Waals surface area contributed by atoms with Crippen molar-refractivity contribution in [3.63, 3.8) is 0 Å². The molecular weight excluding hydrogens is 400 g/mol. The fourth-order valence-electron chi connectivity index (χ4n) is 3.36. The van der Waals surface area contributed by atoms with E-state index in [2.05, 4.69) is 25.7 Å². The van der Waals surface area contributed by atoms with Crippen molar-refractivity contribution in [2.24, 2.45) is 0 Å². The lowest BCUT2D eigenvalue weighted by molar-refractivity contribution is -0.137. The van der Waals surface area contributed by atoms with Crippen LogP contribution in [0.4, 0.5) is 0 Å². The first-order valence-corrected chi connectivity index (χ1v) is 12.4. The summed E-state index contributed by atoms with van der Waals surface area (Å²) in [7, 11) is 1.53. The molecule has 182 valence electrons. The summed E-state index contributed by atoms with van der Waals surface area (Å²) >= 11 is 0. The number of carboxylic acid groups (broad SMARTS) is 1. The number of hydrogen-bond acceptors (Lipinski definition) is 3. The number of allylic oxidation sites excluding steroid dienone is 3. The summed E-state index contributed by atoms with van der Waals surface area (Å²) in [4.78, 5) is 10.3. The van der Waals surface area contributed by atoms with E-state index in [0.717, 1.165) is 24.8 Å². The number of hydrogen-bond donors (Lipinski definition) is 2. The predicted molar refractivity (Wildman–Crippen MR) is 136 cm³/mol. The standard InChI is InChI=1S/C18H34O2.C10H12O2/c1-2-3-4-5-6-7-8-9-10-11-12-13-14-15-16-17-18(19)20;1-3-4-8-5-6-9(11)10(7-8)12-2/h9-10H,2-8,11-17H2,1H3,(H,19,20);3,5-7,11H,1,4H2,2H3. The van der Waals surface area contributed by atoms with Gasteiger partial charge in [-0.2, -0.15) is 0 Å². The molecule has 0 amide bonds. The van der Waals surface area contributed by atoms with Crippen LogP contribution >= 0.6 is 0 Å². The van der Waals surface area contributed by atoms with E-state index in [1.807, 2.05) is 12.1 Å². The summed E-state index contributed by atoms with van der Waals surface area (Å²) in [6, 6.07) is 5.27. The van der Waals surface area contributed by atoms with E-state index in [1.54, 1.807) is 12.1 Å². The van der Waals surface area contributed by atoms with Gasteiger partial charge in [-0.25, -0.2) is 0 Å². The van der Waals surface area contributed by atoms with Gasteiger partial charge in [0, 0.05) is 6.42 Å². The van der Waals surface area contributed by atoms with Gasteiger partial charge in [0.05, 0.1) is 7.11 Å². The third-order valence-corrected chi connectivity index (χ3v) is 5.28. The molecule has 0 unspecified atom stereocenters. The minimum atomic E-state index is -0.664. The third-order valence-electron chi connectivity index (χ3n) is 5.28. The van der Waals surface area contributed by atoms with Crippen molar-refractivity contribution in [3.05, 3.63) is 48.6 Å². The van der Waals surface area contributed by atoms with Crippen molar-refractivity contribution >= 4 is 5.97 Å². The fraction of sp³-hybridized carbons (Fsp3) is 0.607. The summed E-state index contributed by atoms with van der Waals surface area (Å²) < 4.78 is 4.95. The van der Waals surface area contributed by atoms with Crippen LogP contribution in [0.25, 0.3) is 0 Å². The number of unbranched alkanes of at least 4 members (excludes halogenated alkanes) is 11. The SMILES string of the molecule is C=CCc1ccc(O)c(OC)c1.CCCCCCCCC=CCCCCCCCC(=O)O. The van der Waals surface area contributed by atoms with Crippen molar-refractivity contribution in [2.75, 3.05) is 7.11 Å². The molecule has 0 spiro atoms. The highest BCUT2D eigenvalue weighted by Gasteiger charge is 2.00. The number of methoxy groups -OCH3 is 1. The Kier molecular flexibility index (Phi) is 20.4. The van der Waals surface area contributed by atoms with Crippen LogP contribution in [-0.4, -0.2) is 23.3 Å². The van der Waals surface area contributed by atoms with Gasteiger partial charge >= 0.3 is 5.97 Å². The molecule has 32 heavy (non-hydrogen) atoms. The first kappa shape index (κ1) is 29.8. The summed E-state index contributed by atoms with van der Waals surface area (Å²) in [5, 5.41) is 17.8. The van der Waals surface area contributed by atoms with Crippen LogP contribution < -0.4 is 4.74 Å². The second-order valence-electron chi connectivity index (χ2n) is 8.23. The van der Waals surface area contributed by atoms with Crippen LogP contribution in [0, 0.1) is 0 Å². The molecule has 1 aromatic rings. The highest BCUT2D eigenvalue weighted by atomic mass is 16.5. The van der Waals surface area contributed by atoms with Crippen molar-refractivity contribution in [1.82, 2.24) is 0 Å². The Morgan fingerprint density at radius 2 is 1.50 bits per heavy atom. The van der Waals surface area contributed by atoms with Gasteiger partial charge in [0.25, 0.3) is 0 Å². The second-order valence-corrected chi connectivity index (χ2v) is 8.23. The van der Waals surface area contributed by atoms with Crippen LogP contribution in [0.15, 0.2) is 43.0 Å². The smallest absolute Gasteiger partial charge is 0.303 e. The molecule has 0 aliphatic carbocycles. The van der Waals surface area contributed by atoms with Gasteiger partial charge in [0.2, 0.25) is 0 Å². The van der Waals surface area contributed by atoms with E-state index in [4.69, 9.17) is 9.84 Å². The minimum absolute atomic E-state index is 0.172. The highest BCUT2D eigenvalue weighted by molar-refractivity contribution is 5.66. The summed E-state index contributed by atoms with van der Waals surface area (Å²) in [5.74, 6) is 0.0160. The number of rotatable bonds is 18. The van der Waals surface area contributed by atoms with E-state index in [0.29, 0.717) is 12.2 Å². The van der Waals surface area contributed by atoms with Gasteiger partial charge < -0.3 is 14.9 Å². The average Bonchev–Trinajstić information content (AvgIpc) is 2.78. The number of carbonyl (C=O) groups is 1. The lowest BCUT2D eigenvalue weighted by atomic mass is 10.1. The zero-order chi connectivity index (χ0) is 23.9. The van der Waals surface area contributed by atoms with E-state index in [1.165, 1.54) is 77.7 Å². The topological polar surface area (TPSA) is 66.8 Å². The number of phenolic OH excluding ortho intramolecular Hbond substituents is 1. The zero-order valence-corrected chi connectivity index (χ0v) is 20.5. The van der Waals surface area contributed by atoms with E-state index in [-0.39, 0.29) is 5.75 Å². The Morgan fingerprint density at radius 1 is 0.938 bits per heavy atom. The number of phenols is 1. The highest BCUT2D eigenvalue weighted by Crippen LogP contribution is 2.26. The molecule has 1 aromatic carbocycles. The number of ether oxygens (including phenoxy) is 1. The number of aliphatic carboxylic acids is 1. The maximum atomic E-state index is 10.3. The Balaban J connectivity index is 0.000000677. The molecule has 0 radical (unpaired) electrons. The Bertz CT molecular complexity index is 622. The van der Waals surface area contributed by atoms with Crippen molar-refractivity contribution in [2.45, 2.75) is 103 Å². The second kappa shape index (κ2) is 22.0. The average molecular weight is 447 g/mol. The van der Waals surface area contributed by atoms with Crippen molar-refractivity contribution in [3.8, 4) is 11.5 Å². The molecule has 0 saturated heterocycles. The zero-order valence-electron chi connectivity index (χ0n) is 20.5. The van der Waals surface area contributed by atoms with E-state index >= 15 is 0 Å². The predicted octanol–water partition coefficient (Wildman–Crippen LogP) is 8.24. The van der Waals surface area contributed by atoms with Gasteiger partial charge in [0.15, 0.2) is 11.5 Å². The van der Waals surface area contributed by atoms with Gasteiger partial charge in [-0.05, 0) is 56.2 Å². The van der Waals surface area contributed by atoms with Crippen LogP contribution in [0.5, 0.6) is 11.5 Å². The molecule has 0 aromatic heterocycles. The molecular formula is C28H46O4. The molecule has 4 nitrogen and oxygen atoms in total. The van der Waals surface area contributed by atoms with E-state index in [9.17, 15) is 9.90 Å². The number of benzene rings is 1. The molecule has 0 aliphatic heterocycles.